The van der Waals surface area contributed by atoms with Crippen molar-refractivity contribution < 1.29 is 14.3 Å². The zero-order valence-corrected chi connectivity index (χ0v) is 10.8. The number of carbonyl (C=O) groups excluding carboxylic acids is 1. The summed E-state index contributed by atoms with van der Waals surface area (Å²) in [5, 5.41) is 0.771. The molecule has 16 heavy (non-hydrogen) atoms. The summed E-state index contributed by atoms with van der Waals surface area (Å²) in [4.78, 5) is 11.3. The lowest BCUT2D eigenvalue weighted by molar-refractivity contribution is -0.134. The molecule has 3 nitrogen and oxygen atoms in total. The highest BCUT2D eigenvalue weighted by atomic mass is 79.9. The average Bonchev–Trinajstić information content (AvgIpc) is 2.27. The first-order chi connectivity index (χ1) is 7.76. The molecule has 0 radical (unpaired) electrons. The van der Waals surface area contributed by atoms with Gasteiger partial charge in [-0.15, -0.1) is 0 Å². The quantitative estimate of drug-likeness (QED) is 0.458. The van der Waals surface area contributed by atoms with Crippen molar-refractivity contribution in [3.05, 3.63) is 24.3 Å². The van der Waals surface area contributed by atoms with Gasteiger partial charge in [-0.25, -0.2) is 0 Å². The Labute approximate surface area is 104 Å². The minimum absolute atomic E-state index is 0.208. The summed E-state index contributed by atoms with van der Waals surface area (Å²) in [7, 11) is 0. The molecule has 0 amide bonds. The maximum absolute atomic E-state index is 11.3. The molecule has 4 heteroatoms. The van der Waals surface area contributed by atoms with Crippen molar-refractivity contribution >= 4 is 21.9 Å². The van der Waals surface area contributed by atoms with Gasteiger partial charge in [-0.1, -0.05) is 28.9 Å². The Morgan fingerprint density at radius 3 is 2.81 bits per heavy atom. The Kier molecular flexibility index (Phi) is 5.93. The van der Waals surface area contributed by atoms with Crippen molar-refractivity contribution in [3.63, 3.8) is 0 Å². The zero-order valence-electron chi connectivity index (χ0n) is 9.24. The number of hydrogen-bond acceptors (Lipinski definition) is 3. The lowest BCUT2D eigenvalue weighted by Crippen LogP contribution is -2.07. The summed E-state index contributed by atoms with van der Waals surface area (Å²) in [6.07, 6.45) is 1.23. The Bertz CT molecular complexity index is 339. The standard InChI is InChI=1S/C12H15BrO3/c1-2-4-12(14)16-11-6-3-5-10(9-11)15-8-7-13/h3,5-6,9H,2,4,7-8H2,1H3. The van der Waals surface area contributed by atoms with Gasteiger partial charge in [0.15, 0.2) is 0 Å². The molecule has 88 valence electrons. The summed E-state index contributed by atoms with van der Waals surface area (Å²) < 4.78 is 10.5. The van der Waals surface area contributed by atoms with Crippen LogP contribution in [0.1, 0.15) is 19.8 Å². The normalized spacial score (nSPS) is 9.88. The second kappa shape index (κ2) is 7.28. The number of rotatable bonds is 6. The van der Waals surface area contributed by atoms with Crippen molar-refractivity contribution in [3.8, 4) is 11.5 Å². The Hall–Kier alpha value is -1.03. The minimum atomic E-state index is -0.208. The molecule has 0 saturated carbocycles. The molecule has 0 spiro atoms. The van der Waals surface area contributed by atoms with E-state index in [1.165, 1.54) is 0 Å². The highest BCUT2D eigenvalue weighted by Crippen LogP contribution is 2.19. The van der Waals surface area contributed by atoms with Gasteiger partial charge in [0.1, 0.15) is 11.5 Å². The van der Waals surface area contributed by atoms with Crippen LogP contribution in [0.15, 0.2) is 24.3 Å². The number of esters is 1. The van der Waals surface area contributed by atoms with Gasteiger partial charge in [0.05, 0.1) is 6.61 Å². The Morgan fingerprint density at radius 2 is 2.12 bits per heavy atom. The fourth-order valence-corrected chi connectivity index (χ4v) is 1.33. The van der Waals surface area contributed by atoms with E-state index in [1.807, 2.05) is 13.0 Å². The van der Waals surface area contributed by atoms with Crippen molar-refractivity contribution in [1.29, 1.82) is 0 Å². The summed E-state index contributed by atoms with van der Waals surface area (Å²) in [6, 6.07) is 7.10. The van der Waals surface area contributed by atoms with Crippen LogP contribution in [0.2, 0.25) is 0 Å². The SMILES string of the molecule is CCCC(=O)Oc1cccc(OCCBr)c1. The summed E-state index contributed by atoms with van der Waals surface area (Å²) in [5.74, 6) is 1.03. The van der Waals surface area contributed by atoms with Crippen LogP contribution in [0.4, 0.5) is 0 Å². The topological polar surface area (TPSA) is 35.5 Å². The molecule has 0 heterocycles. The fraction of sp³-hybridized carbons (Fsp3) is 0.417. The molecular formula is C12H15BrO3. The third kappa shape index (κ3) is 4.66. The first kappa shape index (κ1) is 13.0. The van der Waals surface area contributed by atoms with E-state index in [1.54, 1.807) is 18.2 Å². The van der Waals surface area contributed by atoms with E-state index in [2.05, 4.69) is 15.9 Å². The van der Waals surface area contributed by atoms with Gasteiger partial charge < -0.3 is 9.47 Å². The number of halogens is 1. The maximum atomic E-state index is 11.3. The lowest BCUT2D eigenvalue weighted by Gasteiger charge is -2.07. The molecule has 0 aliphatic heterocycles. The number of alkyl halides is 1. The van der Waals surface area contributed by atoms with Gasteiger partial charge in [-0.05, 0) is 18.6 Å². The van der Waals surface area contributed by atoms with E-state index in [-0.39, 0.29) is 5.97 Å². The molecule has 1 aromatic carbocycles. The van der Waals surface area contributed by atoms with Crippen LogP contribution < -0.4 is 9.47 Å². The minimum Gasteiger partial charge on any atom is -0.493 e. The van der Waals surface area contributed by atoms with E-state index in [9.17, 15) is 4.79 Å². The van der Waals surface area contributed by atoms with Crippen LogP contribution in [-0.4, -0.2) is 17.9 Å². The predicted octanol–water partition coefficient (Wildman–Crippen LogP) is 3.17. The van der Waals surface area contributed by atoms with E-state index >= 15 is 0 Å². The predicted molar refractivity (Wildman–Crippen MR) is 66.3 cm³/mol. The number of carbonyl (C=O) groups is 1. The summed E-state index contributed by atoms with van der Waals surface area (Å²) in [6.45, 7) is 2.53. The molecule has 0 aliphatic rings. The maximum Gasteiger partial charge on any atom is 0.311 e. The lowest BCUT2D eigenvalue weighted by atomic mass is 10.3. The van der Waals surface area contributed by atoms with Crippen molar-refractivity contribution in [1.82, 2.24) is 0 Å². The van der Waals surface area contributed by atoms with Gasteiger partial charge in [0, 0.05) is 17.8 Å². The van der Waals surface area contributed by atoms with Crippen LogP contribution in [-0.2, 0) is 4.79 Å². The highest BCUT2D eigenvalue weighted by molar-refractivity contribution is 9.09. The number of benzene rings is 1. The highest BCUT2D eigenvalue weighted by Gasteiger charge is 2.04. The molecule has 0 bridgehead atoms. The van der Waals surface area contributed by atoms with Gasteiger partial charge in [0.2, 0.25) is 0 Å². The van der Waals surface area contributed by atoms with Crippen LogP contribution in [0.25, 0.3) is 0 Å². The molecule has 0 unspecified atom stereocenters. The Morgan fingerprint density at radius 1 is 1.38 bits per heavy atom. The van der Waals surface area contributed by atoms with Gasteiger partial charge in [0.25, 0.3) is 0 Å². The second-order valence-electron chi connectivity index (χ2n) is 3.24. The molecule has 0 fully saturated rings. The summed E-state index contributed by atoms with van der Waals surface area (Å²) in [5.41, 5.74) is 0. The second-order valence-corrected chi connectivity index (χ2v) is 4.03. The fourth-order valence-electron chi connectivity index (χ4n) is 1.17. The van der Waals surface area contributed by atoms with Crippen molar-refractivity contribution in [2.45, 2.75) is 19.8 Å². The molecule has 0 aliphatic carbocycles. The molecular weight excluding hydrogens is 272 g/mol. The van der Waals surface area contributed by atoms with Gasteiger partial charge >= 0.3 is 5.97 Å². The molecule has 0 N–H and O–H groups in total. The largest absolute Gasteiger partial charge is 0.493 e. The van der Waals surface area contributed by atoms with Crippen LogP contribution in [0.5, 0.6) is 11.5 Å². The van der Waals surface area contributed by atoms with E-state index < -0.39 is 0 Å². The molecule has 0 aromatic heterocycles. The van der Waals surface area contributed by atoms with Gasteiger partial charge in [-0.3, -0.25) is 4.79 Å². The number of ether oxygens (including phenoxy) is 2. The van der Waals surface area contributed by atoms with Crippen LogP contribution >= 0.6 is 15.9 Å². The average molecular weight is 287 g/mol. The summed E-state index contributed by atoms with van der Waals surface area (Å²) >= 11 is 3.28. The first-order valence-electron chi connectivity index (χ1n) is 5.25. The first-order valence-corrected chi connectivity index (χ1v) is 6.38. The van der Waals surface area contributed by atoms with E-state index in [0.717, 1.165) is 11.8 Å². The zero-order chi connectivity index (χ0) is 11.8. The van der Waals surface area contributed by atoms with Crippen molar-refractivity contribution in [2.75, 3.05) is 11.9 Å². The monoisotopic (exact) mass is 286 g/mol. The molecule has 1 aromatic rings. The van der Waals surface area contributed by atoms with E-state index in [0.29, 0.717) is 24.5 Å². The third-order valence-corrected chi connectivity index (χ3v) is 2.16. The van der Waals surface area contributed by atoms with Crippen molar-refractivity contribution in [2.24, 2.45) is 0 Å². The molecule has 0 saturated heterocycles. The van der Waals surface area contributed by atoms with Crippen LogP contribution in [0.3, 0.4) is 0 Å². The third-order valence-electron chi connectivity index (χ3n) is 1.84. The van der Waals surface area contributed by atoms with E-state index in [4.69, 9.17) is 9.47 Å². The molecule has 0 atom stereocenters. The number of hydrogen-bond donors (Lipinski definition) is 0. The van der Waals surface area contributed by atoms with Crippen LogP contribution in [0, 0.1) is 0 Å². The Balaban J connectivity index is 2.56. The van der Waals surface area contributed by atoms with Gasteiger partial charge in [-0.2, -0.15) is 0 Å². The molecule has 1 rings (SSSR count). The smallest absolute Gasteiger partial charge is 0.311 e.